The number of carbonyl (C=O) groups is 3. The van der Waals surface area contributed by atoms with Crippen LogP contribution in [0.3, 0.4) is 0 Å². The summed E-state index contributed by atoms with van der Waals surface area (Å²) in [4.78, 5) is 38.9. The van der Waals surface area contributed by atoms with Crippen LogP contribution in [-0.4, -0.2) is 36.0 Å². The molecule has 0 radical (unpaired) electrons. The Bertz CT molecular complexity index is 1100. The summed E-state index contributed by atoms with van der Waals surface area (Å²) in [6, 6.07) is 9.20. The lowest BCUT2D eigenvalue weighted by Gasteiger charge is -2.11. The zero-order valence-electron chi connectivity index (χ0n) is 18.2. The quantitative estimate of drug-likeness (QED) is 0.115. The van der Waals surface area contributed by atoms with Crippen LogP contribution in [0, 0.1) is 13.8 Å². The van der Waals surface area contributed by atoms with Crippen molar-refractivity contribution in [3.63, 3.8) is 0 Å². The van der Waals surface area contributed by atoms with E-state index in [1.54, 1.807) is 38.1 Å². The van der Waals surface area contributed by atoms with Crippen molar-refractivity contribution in [2.45, 2.75) is 27.7 Å². The van der Waals surface area contributed by atoms with Crippen molar-refractivity contribution >= 4 is 29.0 Å². The minimum atomic E-state index is -0.618. The van der Waals surface area contributed by atoms with Gasteiger partial charge in [-0.05, 0) is 74.2 Å². The number of Topliss-reactive ketones (excluding diaryl/α,β-unsaturated/α-hetero) is 1. The van der Waals surface area contributed by atoms with E-state index in [2.05, 4.69) is 10.0 Å². The summed E-state index contributed by atoms with van der Waals surface area (Å²) in [6.45, 7) is 5.88. The Morgan fingerprint density at radius 3 is 1.91 bits per heavy atom. The molecule has 32 heavy (non-hydrogen) atoms. The molecule has 0 atom stereocenters. The summed E-state index contributed by atoms with van der Waals surface area (Å²) >= 11 is 0. The number of benzene rings is 2. The number of allylic oxidation sites excluding steroid dienone is 2. The van der Waals surface area contributed by atoms with Crippen LogP contribution < -0.4 is 0 Å². The van der Waals surface area contributed by atoms with Crippen LogP contribution in [0.5, 0.6) is 0 Å². The summed E-state index contributed by atoms with van der Waals surface area (Å²) in [5, 5.41) is 13.2. The number of aryl methyl sites for hydroxylation is 2. The van der Waals surface area contributed by atoms with Crippen LogP contribution in [-0.2, 0) is 14.3 Å². The SMILES string of the molecule is CC(=O)/C(=C(/C)O)c1ccc(C(=O)OCCOC(=O)c2c(C)cc(N=[N+]=[N-])cc2C)cc1. The van der Waals surface area contributed by atoms with Crippen molar-refractivity contribution in [2.24, 2.45) is 5.11 Å². The van der Waals surface area contributed by atoms with Gasteiger partial charge in [0.2, 0.25) is 0 Å². The summed E-state index contributed by atoms with van der Waals surface area (Å²) < 4.78 is 10.3. The first-order valence-corrected chi connectivity index (χ1v) is 9.67. The zero-order valence-corrected chi connectivity index (χ0v) is 18.2. The molecule has 9 nitrogen and oxygen atoms in total. The second-order valence-electron chi connectivity index (χ2n) is 7.01. The monoisotopic (exact) mass is 437 g/mol. The van der Waals surface area contributed by atoms with Crippen LogP contribution in [0.2, 0.25) is 0 Å². The van der Waals surface area contributed by atoms with Gasteiger partial charge in [-0.3, -0.25) is 4.79 Å². The predicted octanol–water partition coefficient (Wildman–Crippen LogP) is 5.14. The van der Waals surface area contributed by atoms with E-state index in [1.165, 1.54) is 26.0 Å². The molecular formula is C23H23N3O6. The number of aliphatic hydroxyl groups excluding tert-OH is 1. The molecule has 1 N–H and O–H groups in total. The fourth-order valence-electron chi connectivity index (χ4n) is 3.24. The number of azide groups is 1. The van der Waals surface area contributed by atoms with Gasteiger partial charge in [0.15, 0.2) is 5.78 Å². The Kier molecular flexibility index (Phi) is 8.15. The van der Waals surface area contributed by atoms with Gasteiger partial charge < -0.3 is 14.6 Å². The van der Waals surface area contributed by atoms with Gasteiger partial charge in [0.05, 0.1) is 16.7 Å². The molecule has 0 saturated carbocycles. The predicted molar refractivity (Wildman–Crippen MR) is 118 cm³/mol. The number of aliphatic hydroxyl groups is 1. The highest BCUT2D eigenvalue weighted by molar-refractivity contribution is 6.20. The minimum Gasteiger partial charge on any atom is -0.512 e. The third-order valence-electron chi connectivity index (χ3n) is 4.55. The second kappa shape index (κ2) is 10.8. The molecule has 166 valence electrons. The highest BCUT2D eigenvalue weighted by atomic mass is 16.6. The maximum atomic E-state index is 12.4. The zero-order chi connectivity index (χ0) is 23.8. The number of hydrogen-bond donors (Lipinski definition) is 1. The van der Waals surface area contributed by atoms with E-state index in [1.807, 2.05) is 0 Å². The molecule has 9 heteroatoms. The molecule has 0 unspecified atom stereocenters. The molecule has 0 amide bonds. The lowest BCUT2D eigenvalue weighted by molar-refractivity contribution is -0.111. The molecule has 0 bridgehead atoms. The molecule has 0 aliphatic heterocycles. The van der Waals surface area contributed by atoms with E-state index in [-0.39, 0.29) is 35.9 Å². The van der Waals surface area contributed by atoms with E-state index in [9.17, 15) is 19.5 Å². The van der Waals surface area contributed by atoms with Crippen molar-refractivity contribution in [1.29, 1.82) is 0 Å². The topological polar surface area (TPSA) is 139 Å². The fraction of sp³-hybridized carbons (Fsp3) is 0.261. The molecule has 0 spiro atoms. The lowest BCUT2D eigenvalue weighted by atomic mass is 10.00. The third kappa shape index (κ3) is 5.96. The Hall–Kier alpha value is -4.10. The van der Waals surface area contributed by atoms with Gasteiger partial charge in [-0.1, -0.05) is 17.2 Å². The summed E-state index contributed by atoms with van der Waals surface area (Å²) in [5.41, 5.74) is 11.4. The van der Waals surface area contributed by atoms with Crippen molar-refractivity contribution in [1.82, 2.24) is 0 Å². The van der Waals surface area contributed by atoms with E-state index in [4.69, 9.17) is 15.0 Å². The Morgan fingerprint density at radius 2 is 1.44 bits per heavy atom. The molecule has 0 aliphatic carbocycles. The summed E-state index contributed by atoms with van der Waals surface area (Å²) in [5.74, 6) is -1.59. The van der Waals surface area contributed by atoms with Crippen LogP contribution in [0.4, 0.5) is 5.69 Å². The van der Waals surface area contributed by atoms with E-state index in [0.717, 1.165) is 0 Å². The first kappa shape index (κ1) is 24.2. The maximum Gasteiger partial charge on any atom is 0.338 e. The van der Waals surface area contributed by atoms with Gasteiger partial charge in [-0.15, -0.1) is 0 Å². The van der Waals surface area contributed by atoms with Gasteiger partial charge in [-0.25, -0.2) is 9.59 Å². The number of ether oxygens (including phenoxy) is 2. The van der Waals surface area contributed by atoms with Crippen LogP contribution in [0.1, 0.15) is 51.3 Å². The lowest BCUT2D eigenvalue weighted by Crippen LogP contribution is -2.15. The second-order valence-corrected chi connectivity index (χ2v) is 7.01. The normalized spacial score (nSPS) is 11.1. The average Bonchev–Trinajstić information content (AvgIpc) is 2.71. The van der Waals surface area contributed by atoms with Crippen LogP contribution in [0.25, 0.3) is 16.0 Å². The van der Waals surface area contributed by atoms with Crippen molar-refractivity contribution in [3.05, 3.63) is 80.4 Å². The highest BCUT2D eigenvalue weighted by Gasteiger charge is 2.16. The van der Waals surface area contributed by atoms with Crippen molar-refractivity contribution < 1.29 is 29.0 Å². The highest BCUT2D eigenvalue weighted by Crippen LogP contribution is 2.23. The number of carbonyl (C=O) groups excluding carboxylic acids is 3. The Balaban J connectivity index is 1.94. The molecule has 2 rings (SSSR count). The van der Waals surface area contributed by atoms with Gasteiger partial charge in [0.1, 0.15) is 19.0 Å². The van der Waals surface area contributed by atoms with E-state index < -0.39 is 11.9 Å². The van der Waals surface area contributed by atoms with Gasteiger partial charge in [0, 0.05) is 10.6 Å². The molecule has 0 heterocycles. The average molecular weight is 437 g/mol. The molecule has 0 fully saturated rings. The van der Waals surface area contributed by atoms with Crippen molar-refractivity contribution in [2.75, 3.05) is 13.2 Å². The van der Waals surface area contributed by atoms with E-state index in [0.29, 0.717) is 27.9 Å². The minimum absolute atomic E-state index is 0.104. The van der Waals surface area contributed by atoms with Crippen LogP contribution in [0.15, 0.2) is 47.3 Å². The van der Waals surface area contributed by atoms with Gasteiger partial charge in [0.25, 0.3) is 0 Å². The largest absolute Gasteiger partial charge is 0.512 e. The molecule has 0 saturated heterocycles. The van der Waals surface area contributed by atoms with E-state index >= 15 is 0 Å². The maximum absolute atomic E-state index is 12.4. The smallest absolute Gasteiger partial charge is 0.338 e. The van der Waals surface area contributed by atoms with Gasteiger partial charge in [-0.2, -0.15) is 0 Å². The Labute approximate surface area is 184 Å². The van der Waals surface area contributed by atoms with Crippen LogP contribution >= 0.6 is 0 Å². The number of ketones is 1. The summed E-state index contributed by atoms with van der Waals surface area (Å²) in [7, 11) is 0. The standard InChI is InChI=1S/C23H23N3O6/c1-13-11-19(25-26-24)12-14(2)20(13)23(30)32-10-9-31-22(29)18-7-5-17(6-8-18)21(15(3)27)16(4)28/h5-8,11-12,27H,9-10H2,1-4H3/b21-15+. The summed E-state index contributed by atoms with van der Waals surface area (Å²) in [6.07, 6.45) is 0. The first-order valence-electron chi connectivity index (χ1n) is 9.67. The molecular weight excluding hydrogens is 414 g/mol. The molecule has 2 aromatic carbocycles. The third-order valence-corrected chi connectivity index (χ3v) is 4.55. The number of hydrogen-bond acceptors (Lipinski definition) is 7. The Morgan fingerprint density at radius 1 is 0.938 bits per heavy atom. The first-order chi connectivity index (χ1) is 15.1. The van der Waals surface area contributed by atoms with Gasteiger partial charge >= 0.3 is 11.9 Å². The number of esters is 2. The fourth-order valence-corrected chi connectivity index (χ4v) is 3.24. The number of nitrogens with zero attached hydrogens (tertiary/aromatic N) is 3. The molecule has 0 aliphatic rings. The molecule has 2 aromatic rings. The number of rotatable bonds is 8. The van der Waals surface area contributed by atoms with Crippen molar-refractivity contribution in [3.8, 4) is 0 Å². The molecule has 0 aromatic heterocycles.